The highest BCUT2D eigenvalue weighted by Gasteiger charge is 2.38. The molecule has 0 aromatic heterocycles. The van der Waals surface area contributed by atoms with Crippen molar-refractivity contribution >= 4 is 13.3 Å². The molecule has 0 saturated heterocycles. The second-order valence-electron chi connectivity index (χ2n) is 6.12. The normalized spacial score (nSPS) is 13.9. The lowest BCUT2D eigenvalue weighted by Gasteiger charge is -2.28. The van der Waals surface area contributed by atoms with E-state index in [9.17, 15) is 30.9 Å². The molecule has 4 nitrogen and oxygen atoms in total. The number of alkyl halides is 6. The van der Waals surface area contributed by atoms with E-state index in [1.54, 1.807) is 13.8 Å². The maximum absolute atomic E-state index is 13.3. The third-order valence-electron chi connectivity index (χ3n) is 4.00. The Balaban J connectivity index is 2.44. The first-order valence-corrected chi connectivity index (χ1v) is 10.5. The summed E-state index contributed by atoms with van der Waals surface area (Å²) in [5, 5.41) is 2.78. The minimum atomic E-state index is -4.56. The molecular weight excluding hydrogens is 435 g/mol. The summed E-state index contributed by atoms with van der Waals surface area (Å²) < 4.78 is 101. The Morgan fingerprint density at radius 2 is 1.20 bits per heavy atom. The van der Waals surface area contributed by atoms with Gasteiger partial charge in [-0.05, 0) is 55.8 Å². The van der Waals surface area contributed by atoms with Gasteiger partial charge in [-0.25, -0.2) is 0 Å². The van der Waals surface area contributed by atoms with E-state index in [4.69, 9.17) is 9.05 Å². The van der Waals surface area contributed by atoms with Crippen LogP contribution in [-0.4, -0.2) is 13.2 Å². The van der Waals surface area contributed by atoms with Gasteiger partial charge < -0.3 is 14.4 Å². The molecule has 0 radical (unpaired) electrons. The van der Waals surface area contributed by atoms with Gasteiger partial charge in [0.2, 0.25) is 0 Å². The van der Waals surface area contributed by atoms with Gasteiger partial charge in [0.05, 0.1) is 24.3 Å². The highest BCUT2D eigenvalue weighted by molar-refractivity contribution is 7.54. The Labute approximate surface area is 169 Å². The molecule has 0 aliphatic carbocycles. The number of rotatable bonds is 8. The first-order valence-electron chi connectivity index (χ1n) is 8.90. The standard InChI is InChI=1S/C19H20F6NO3P/c1-3-28-30(27,29-4-2)17(13-5-7-14(8-6-13)18(20,21)22)26-16-11-9-15(10-12-16)19(23,24)25/h5-12,17,26H,3-4H2,1-2H3. The third kappa shape index (κ3) is 6.00. The minimum Gasteiger partial charge on any atom is -0.368 e. The van der Waals surface area contributed by atoms with Crippen molar-refractivity contribution in [2.75, 3.05) is 18.5 Å². The molecule has 2 rings (SSSR count). The summed E-state index contributed by atoms with van der Waals surface area (Å²) in [5.41, 5.74) is -1.46. The van der Waals surface area contributed by atoms with Crippen LogP contribution in [0.4, 0.5) is 32.0 Å². The second kappa shape index (κ2) is 9.41. The monoisotopic (exact) mass is 455 g/mol. The molecule has 0 bridgehead atoms. The van der Waals surface area contributed by atoms with Crippen molar-refractivity contribution in [2.45, 2.75) is 32.0 Å². The summed E-state index contributed by atoms with van der Waals surface area (Å²) in [6.07, 6.45) is -9.09. The third-order valence-corrected chi connectivity index (χ3v) is 6.30. The molecule has 0 aliphatic heterocycles. The van der Waals surface area contributed by atoms with Crippen molar-refractivity contribution in [2.24, 2.45) is 0 Å². The van der Waals surface area contributed by atoms with E-state index < -0.39 is 36.9 Å². The molecule has 0 saturated carbocycles. The fourth-order valence-electron chi connectivity index (χ4n) is 2.66. The predicted octanol–water partition coefficient (Wildman–Crippen LogP) is 7.10. The van der Waals surface area contributed by atoms with Gasteiger partial charge in [0, 0.05) is 5.69 Å². The molecule has 0 fully saturated rings. The van der Waals surface area contributed by atoms with E-state index in [2.05, 4.69) is 5.32 Å². The number of benzene rings is 2. The van der Waals surface area contributed by atoms with Crippen molar-refractivity contribution in [3.05, 3.63) is 65.2 Å². The minimum absolute atomic E-state index is 0.0108. The maximum atomic E-state index is 13.3. The van der Waals surface area contributed by atoms with Crippen molar-refractivity contribution in [3.8, 4) is 0 Å². The lowest BCUT2D eigenvalue weighted by Crippen LogP contribution is -2.16. The summed E-state index contributed by atoms with van der Waals surface area (Å²) in [6.45, 7) is 3.10. The molecule has 2 aromatic carbocycles. The van der Waals surface area contributed by atoms with Crippen molar-refractivity contribution in [1.29, 1.82) is 0 Å². The fourth-order valence-corrected chi connectivity index (χ4v) is 4.60. The Morgan fingerprint density at radius 1 is 0.800 bits per heavy atom. The summed E-state index contributed by atoms with van der Waals surface area (Å²) in [7, 11) is -3.93. The Morgan fingerprint density at radius 3 is 1.57 bits per heavy atom. The van der Waals surface area contributed by atoms with E-state index in [-0.39, 0.29) is 24.5 Å². The molecule has 1 atom stereocenters. The van der Waals surface area contributed by atoms with Crippen molar-refractivity contribution in [3.63, 3.8) is 0 Å². The summed E-state index contributed by atoms with van der Waals surface area (Å²) in [6, 6.07) is 7.80. The number of halogens is 6. The average molecular weight is 455 g/mol. The fraction of sp³-hybridized carbons (Fsp3) is 0.368. The van der Waals surface area contributed by atoms with Crippen LogP contribution in [0.2, 0.25) is 0 Å². The van der Waals surface area contributed by atoms with Gasteiger partial charge in [-0.3, -0.25) is 4.57 Å². The van der Waals surface area contributed by atoms with Crippen molar-refractivity contribution in [1.82, 2.24) is 0 Å². The summed E-state index contributed by atoms with van der Waals surface area (Å²) in [4.78, 5) is 0. The molecule has 0 spiro atoms. The summed E-state index contributed by atoms with van der Waals surface area (Å²) in [5.74, 6) is -1.24. The highest BCUT2D eigenvalue weighted by Crippen LogP contribution is 2.60. The number of hydrogen-bond donors (Lipinski definition) is 1. The van der Waals surface area contributed by atoms with Crippen LogP contribution in [0, 0.1) is 0 Å². The molecule has 0 heterocycles. The molecule has 30 heavy (non-hydrogen) atoms. The molecule has 0 aliphatic rings. The first kappa shape index (κ1) is 24.2. The van der Waals surface area contributed by atoms with Crippen LogP contribution in [-0.2, 0) is 26.0 Å². The summed E-state index contributed by atoms with van der Waals surface area (Å²) >= 11 is 0. The molecule has 0 amide bonds. The van der Waals surface area contributed by atoms with Crippen LogP contribution in [0.5, 0.6) is 0 Å². The predicted molar refractivity (Wildman–Crippen MR) is 100 cm³/mol. The zero-order chi connectivity index (χ0) is 22.6. The average Bonchev–Trinajstić information content (AvgIpc) is 2.65. The largest absolute Gasteiger partial charge is 0.416 e. The zero-order valence-electron chi connectivity index (χ0n) is 16.1. The lowest BCUT2D eigenvalue weighted by atomic mass is 10.1. The highest BCUT2D eigenvalue weighted by atomic mass is 31.2. The Bertz CT molecular complexity index is 856. The van der Waals surface area contributed by atoms with Gasteiger partial charge in [0.25, 0.3) is 0 Å². The Kier molecular flexibility index (Phi) is 7.60. The molecule has 2 aromatic rings. The van der Waals surface area contributed by atoms with Crippen molar-refractivity contribution < 1.29 is 40.0 Å². The lowest BCUT2D eigenvalue weighted by molar-refractivity contribution is -0.138. The molecular formula is C19H20F6NO3P. The number of nitrogens with one attached hydrogen (secondary N) is 1. The van der Waals surface area contributed by atoms with E-state index in [0.29, 0.717) is 0 Å². The first-order chi connectivity index (χ1) is 13.9. The van der Waals surface area contributed by atoms with Gasteiger partial charge in [-0.1, -0.05) is 12.1 Å². The van der Waals surface area contributed by atoms with E-state index in [0.717, 1.165) is 48.5 Å². The number of hydrogen-bond acceptors (Lipinski definition) is 4. The van der Waals surface area contributed by atoms with Gasteiger partial charge in [0.15, 0.2) is 5.78 Å². The van der Waals surface area contributed by atoms with E-state index in [1.165, 1.54) is 0 Å². The zero-order valence-corrected chi connectivity index (χ0v) is 16.9. The number of anilines is 1. The van der Waals surface area contributed by atoms with E-state index in [1.807, 2.05) is 0 Å². The molecule has 11 heteroatoms. The molecule has 1 N–H and O–H groups in total. The van der Waals surface area contributed by atoms with Crippen LogP contribution >= 0.6 is 7.60 Å². The van der Waals surface area contributed by atoms with Gasteiger partial charge >= 0.3 is 19.9 Å². The maximum Gasteiger partial charge on any atom is 0.416 e. The van der Waals surface area contributed by atoms with Gasteiger partial charge in [-0.15, -0.1) is 0 Å². The molecule has 166 valence electrons. The SMILES string of the molecule is CCOP(=O)(OCC)C(Nc1ccc(C(F)(F)F)cc1)c1ccc(C(F)(F)F)cc1. The van der Waals surface area contributed by atoms with Gasteiger partial charge in [0.1, 0.15) is 0 Å². The van der Waals surface area contributed by atoms with Gasteiger partial charge in [-0.2, -0.15) is 26.3 Å². The van der Waals surface area contributed by atoms with Crippen LogP contribution in [0.3, 0.4) is 0 Å². The quantitative estimate of drug-likeness (QED) is 0.341. The Hall–Kier alpha value is -2.03. The van der Waals surface area contributed by atoms with E-state index >= 15 is 0 Å². The smallest absolute Gasteiger partial charge is 0.368 e. The topological polar surface area (TPSA) is 47.6 Å². The van der Waals surface area contributed by atoms with Crippen LogP contribution in [0.25, 0.3) is 0 Å². The second-order valence-corrected chi connectivity index (χ2v) is 8.23. The van der Waals surface area contributed by atoms with Crippen LogP contribution < -0.4 is 5.32 Å². The van der Waals surface area contributed by atoms with Crippen LogP contribution in [0.1, 0.15) is 36.3 Å². The van der Waals surface area contributed by atoms with Crippen LogP contribution in [0.15, 0.2) is 48.5 Å². The molecule has 1 unspecified atom stereocenters.